The van der Waals surface area contributed by atoms with Gasteiger partial charge in [-0.3, -0.25) is 4.79 Å². The van der Waals surface area contributed by atoms with Crippen molar-refractivity contribution in [1.82, 2.24) is 14.9 Å². The standard InChI is InChI=1S/C11H19N5OS/c1-4-16(5-2)10(17)7(3)18-11-14-8(12)6-9(13)15-11/h6-7H,4-5H2,1-3H3,(H4,12,13,14,15). The van der Waals surface area contributed by atoms with Gasteiger partial charge in [0.05, 0.1) is 5.25 Å². The van der Waals surface area contributed by atoms with E-state index >= 15 is 0 Å². The van der Waals surface area contributed by atoms with Gasteiger partial charge in [-0.2, -0.15) is 0 Å². The predicted octanol–water partition coefficient (Wildman–Crippen LogP) is 0.990. The lowest BCUT2D eigenvalue weighted by Crippen LogP contribution is -2.36. The van der Waals surface area contributed by atoms with Gasteiger partial charge in [-0.25, -0.2) is 9.97 Å². The van der Waals surface area contributed by atoms with E-state index in [4.69, 9.17) is 11.5 Å². The summed E-state index contributed by atoms with van der Waals surface area (Å²) in [5, 5.41) is 0.173. The molecule has 0 saturated heterocycles. The van der Waals surface area contributed by atoms with Crippen LogP contribution in [0.3, 0.4) is 0 Å². The fourth-order valence-electron chi connectivity index (χ4n) is 1.52. The highest BCUT2D eigenvalue weighted by Crippen LogP contribution is 2.22. The van der Waals surface area contributed by atoms with Crippen LogP contribution in [-0.2, 0) is 4.79 Å². The second-order valence-corrected chi connectivity index (χ2v) is 5.08. The van der Waals surface area contributed by atoms with E-state index in [2.05, 4.69) is 9.97 Å². The molecule has 100 valence electrons. The number of nitrogens with two attached hydrogens (primary N) is 2. The number of hydrogen-bond acceptors (Lipinski definition) is 6. The molecule has 0 aromatic carbocycles. The van der Waals surface area contributed by atoms with Crippen molar-refractivity contribution in [3.8, 4) is 0 Å². The molecule has 1 aromatic heterocycles. The minimum absolute atomic E-state index is 0.0644. The van der Waals surface area contributed by atoms with Crippen molar-refractivity contribution in [2.45, 2.75) is 31.2 Å². The zero-order chi connectivity index (χ0) is 13.7. The summed E-state index contributed by atoms with van der Waals surface area (Å²) >= 11 is 1.27. The van der Waals surface area contributed by atoms with Gasteiger partial charge < -0.3 is 16.4 Å². The number of nitrogen functional groups attached to an aromatic ring is 2. The summed E-state index contributed by atoms with van der Waals surface area (Å²) in [5.74, 6) is 0.689. The molecule has 0 bridgehead atoms. The molecular weight excluding hydrogens is 250 g/mol. The summed E-state index contributed by atoms with van der Waals surface area (Å²) in [6.45, 7) is 7.12. The lowest BCUT2D eigenvalue weighted by Gasteiger charge is -2.22. The van der Waals surface area contributed by atoms with Crippen LogP contribution >= 0.6 is 11.8 Å². The van der Waals surface area contributed by atoms with Crippen LogP contribution in [-0.4, -0.2) is 39.1 Å². The second kappa shape index (κ2) is 6.44. The molecular formula is C11H19N5OS. The maximum absolute atomic E-state index is 12.1. The third-order valence-electron chi connectivity index (χ3n) is 2.45. The Balaban J connectivity index is 2.74. The first-order valence-electron chi connectivity index (χ1n) is 5.83. The molecule has 18 heavy (non-hydrogen) atoms. The van der Waals surface area contributed by atoms with Crippen LogP contribution in [0.2, 0.25) is 0 Å². The smallest absolute Gasteiger partial charge is 0.235 e. The van der Waals surface area contributed by atoms with E-state index in [0.717, 1.165) is 0 Å². The molecule has 0 saturated carbocycles. The Morgan fingerprint density at radius 3 is 2.28 bits per heavy atom. The maximum Gasteiger partial charge on any atom is 0.235 e. The van der Waals surface area contributed by atoms with Gasteiger partial charge in [0.2, 0.25) is 5.91 Å². The molecule has 1 unspecified atom stereocenters. The number of carbonyl (C=O) groups is 1. The average Bonchev–Trinajstić information content (AvgIpc) is 2.28. The Hall–Kier alpha value is -1.50. The van der Waals surface area contributed by atoms with Crippen LogP contribution in [0.5, 0.6) is 0 Å². The Morgan fingerprint density at radius 2 is 1.83 bits per heavy atom. The molecule has 7 heteroatoms. The van der Waals surface area contributed by atoms with Crippen LogP contribution in [0.1, 0.15) is 20.8 Å². The SMILES string of the molecule is CCN(CC)C(=O)C(C)Sc1nc(N)cc(N)n1. The molecule has 0 radical (unpaired) electrons. The molecule has 1 atom stereocenters. The number of aromatic nitrogens is 2. The molecule has 0 spiro atoms. The number of carbonyl (C=O) groups excluding carboxylic acids is 1. The molecule has 4 N–H and O–H groups in total. The fraction of sp³-hybridized carbons (Fsp3) is 0.545. The molecule has 1 heterocycles. The number of nitrogens with zero attached hydrogens (tertiary/aromatic N) is 3. The van der Waals surface area contributed by atoms with Crippen molar-refractivity contribution in [3.63, 3.8) is 0 Å². The summed E-state index contributed by atoms with van der Waals surface area (Å²) in [4.78, 5) is 21.9. The van der Waals surface area contributed by atoms with Crippen molar-refractivity contribution in [2.24, 2.45) is 0 Å². The Morgan fingerprint density at radius 1 is 1.33 bits per heavy atom. The number of rotatable bonds is 5. The Bertz CT molecular complexity index is 402. The van der Waals surface area contributed by atoms with Crippen LogP contribution in [0.15, 0.2) is 11.2 Å². The molecule has 1 amide bonds. The fourth-order valence-corrected chi connectivity index (χ4v) is 2.40. The molecule has 0 aliphatic heterocycles. The molecule has 6 nitrogen and oxygen atoms in total. The van der Waals surface area contributed by atoms with E-state index in [1.165, 1.54) is 17.8 Å². The van der Waals surface area contributed by atoms with Gasteiger partial charge >= 0.3 is 0 Å². The van der Waals surface area contributed by atoms with Gasteiger partial charge in [-0.05, 0) is 20.8 Å². The van der Waals surface area contributed by atoms with Gasteiger partial charge in [-0.1, -0.05) is 11.8 Å². The number of anilines is 2. The Kier molecular flexibility index (Phi) is 5.21. The van der Waals surface area contributed by atoms with E-state index in [1.54, 1.807) is 4.90 Å². The van der Waals surface area contributed by atoms with E-state index in [0.29, 0.717) is 29.9 Å². The highest BCUT2D eigenvalue weighted by Gasteiger charge is 2.20. The maximum atomic E-state index is 12.1. The zero-order valence-corrected chi connectivity index (χ0v) is 11.7. The summed E-state index contributed by atoms with van der Waals surface area (Å²) in [5.41, 5.74) is 11.2. The van der Waals surface area contributed by atoms with Crippen LogP contribution in [0, 0.1) is 0 Å². The summed E-state index contributed by atoms with van der Waals surface area (Å²) in [7, 11) is 0. The van der Waals surface area contributed by atoms with Crippen molar-refractivity contribution in [1.29, 1.82) is 0 Å². The average molecular weight is 269 g/mol. The molecule has 1 rings (SSSR count). The van der Waals surface area contributed by atoms with Gasteiger partial charge in [0.15, 0.2) is 5.16 Å². The summed E-state index contributed by atoms with van der Waals surface area (Å²) < 4.78 is 0. The third-order valence-corrected chi connectivity index (χ3v) is 3.40. The highest BCUT2D eigenvalue weighted by atomic mass is 32.2. The van der Waals surface area contributed by atoms with Crippen LogP contribution < -0.4 is 11.5 Å². The minimum Gasteiger partial charge on any atom is -0.383 e. The van der Waals surface area contributed by atoms with Gasteiger partial charge in [0.25, 0.3) is 0 Å². The van der Waals surface area contributed by atoms with E-state index in [1.807, 2.05) is 20.8 Å². The molecule has 1 aromatic rings. The molecule has 0 aliphatic carbocycles. The second-order valence-electron chi connectivity index (χ2n) is 3.77. The van der Waals surface area contributed by atoms with Crippen molar-refractivity contribution >= 4 is 29.3 Å². The summed E-state index contributed by atoms with van der Waals surface area (Å²) in [6, 6.07) is 1.49. The third kappa shape index (κ3) is 3.76. The van der Waals surface area contributed by atoms with E-state index in [-0.39, 0.29) is 11.2 Å². The van der Waals surface area contributed by atoms with Crippen LogP contribution in [0.4, 0.5) is 11.6 Å². The van der Waals surface area contributed by atoms with Gasteiger partial charge in [-0.15, -0.1) is 0 Å². The van der Waals surface area contributed by atoms with Gasteiger partial charge in [0.1, 0.15) is 11.6 Å². The quantitative estimate of drug-likeness (QED) is 0.611. The van der Waals surface area contributed by atoms with Crippen molar-refractivity contribution in [2.75, 3.05) is 24.6 Å². The van der Waals surface area contributed by atoms with Crippen molar-refractivity contribution < 1.29 is 4.79 Å². The lowest BCUT2D eigenvalue weighted by atomic mass is 10.4. The topological polar surface area (TPSA) is 98.1 Å². The predicted molar refractivity (Wildman–Crippen MR) is 74.1 cm³/mol. The first-order chi connectivity index (χ1) is 8.47. The highest BCUT2D eigenvalue weighted by molar-refractivity contribution is 8.00. The number of amides is 1. The van der Waals surface area contributed by atoms with Gasteiger partial charge in [0, 0.05) is 19.2 Å². The minimum atomic E-state index is -0.258. The summed E-state index contributed by atoms with van der Waals surface area (Å²) in [6.07, 6.45) is 0. The Labute approximate surface area is 111 Å². The largest absolute Gasteiger partial charge is 0.383 e. The van der Waals surface area contributed by atoms with E-state index in [9.17, 15) is 4.79 Å². The van der Waals surface area contributed by atoms with E-state index < -0.39 is 0 Å². The normalized spacial score (nSPS) is 12.2. The molecule has 0 fully saturated rings. The monoisotopic (exact) mass is 269 g/mol. The zero-order valence-electron chi connectivity index (χ0n) is 10.9. The first-order valence-corrected chi connectivity index (χ1v) is 6.71. The first kappa shape index (κ1) is 14.6. The van der Waals surface area contributed by atoms with Crippen LogP contribution in [0.25, 0.3) is 0 Å². The lowest BCUT2D eigenvalue weighted by molar-refractivity contribution is -0.129. The van der Waals surface area contributed by atoms with Crippen molar-refractivity contribution in [3.05, 3.63) is 6.07 Å². The molecule has 0 aliphatic rings. The number of hydrogen-bond donors (Lipinski definition) is 2. The number of thioether (sulfide) groups is 1.